The Kier molecular flexibility index (Phi) is 3.71. The van der Waals surface area contributed by atoms with Crippen LogP contribution in [0.4, 0.5) is 26.2 Å². The first-order valence-electron chi connectivity index (χ1n) is 5.02. The van der Waals surface area contributed by atoms with Gasteiger partial charge in [-0.05, 0) is 34.1 Å². The van der Waals surface area contributed by atoms with Crippen molar-refractivity contribution in [3.05, 3.63) is 40.5 Å². The molecule has 1 heterocycles. The highest BCUT2D eigenvalue weighted by molar-refractivity contribution is 9.10. The normalized spacial score (nSPS) is 10.2. The minimum atomic E-state index is -0.620. The number of hydrogen-bond acceptors (Lipinski definition) is 4. The second kappa shape index (κ2) is 5.26. The van der Waals surface area contributed by atoms with E-state index < -0.39 is 11.6 Å². The highest BCUT2D eigenvalue weighted by atomic mass is 79.9. The number of aromatic nitrogens is 2. The van der Waals surface area contributed by atoms with Gasteiger partial charge in [0, 0.05) is 11.5 Å². The molecule has 0 aliphatic heterocycles. The molecule has 0 radical (unpaired) electrons. The van der Waals surface area contributed by atoms with Crippen LogP contribution in [0, 0.1) is 11.6 Å². The third-order valence-corrected chi connectivity index (χ3v) is 2.84. The maximum absolute atomic E-state index is 13.5. The van der Waals surface area contributed by atoms with E-state index in [9.17, 15) is 8.78 Å². The van der Waals surface area contributed by atoms with E-state index in [1.807, 2.05) is 0 Å². The van der Waals surface area contributed by atoms with Gasteiger partial charge < -0.3 is 10.6 Å². The first-order chi connectivity index (χ1) is 8.60. The first-order valence-corrected chi connectivity index (χ1v) is 5.82. The summed E-state index contributed by atoms with van der Waals surface area (Å²) in [6.07, 6.45) is 1.04. The molecular formula is C11H9BrF2N4. The van der Waals surface area contributed by atoms with E-state index in [1.54, 1.807) is 7.05 Å². The van der Waals surface area contributed by atoms with Crippen molar-refractivity contribution in [2.24, 2.45) is 0 Å². The van der Waals surface area contributed by atoms with Crippen molar-refractivity contribution < 1.29 is 8.78 Å². The minimum Gasteiger partial charge on any atom is -0.357 e. The van der Waals surface area contributed by atoms with Gasteiger partial charge in [0.1, 0.15) is 5.82 Å². The van der Waals surface area contributed by atoms with E-state index >= 15 is 0 Å². The average Bonchev–Trinajstić information content (AvgIpc) is 2.36. The summed E-state index contributed by atoms with van der Waals surface area (Å²) in [6.45, 7) is 0. The molecule has 0 fully saturated rings. The van der Waals surface area contributed by atoms with Crippen LogP contribution in [0.3, 0.4) is 0 Å². The summed E-state index contributed by atoms with van der Waals surface area (Å²) in [5.74, 6) is -0.804. The van der Waals surface area contributed by atoms with Gasteiger partial charge in [0.25, 0.3) is 0 Å². The summed E-state index contributed by atoms with van der Waals surface area (Å²) in [5.41, 5.74) is 0.384. The Hall–Kier alpha value is -1.76. The van der Waals surface area contributed by atoms with Gasteiger partial charge in [0.15, 0.2) is 11.6 Å². The molecule has 1 aromatic carbocycles. The topological polar surface area (TPSA) is 49.8 Å². The lowest BCUT2D eigenvalue weighted by Gasteiger charge is -2.09. The molecule has 0 amide bonds. The number of benzene rings is 1. The van der Waals surface area contributed by atoms with Gasteiger partial charge in [-0.1, -0.05) is 0 Å². The zero-order chi connectivity index (χ0) is 13.1. The summed E-state index contributed by atoms with van der Waals surface area (Å²) in [5, 5.41) is 5.39. The van der Waals surface area contributed by atoms with E-state index in [2.05, 4.69) is 36.5 Å². The zero-order valence-electron chi connectivity index (χ0n) is 9.34. The van der Waals surface area contributed by atoms with Crippen molar-refractivity contribution in [2.75, 3.05) is 17.7 Å². The van der Waals surface area contributed by atoms with E-state index in [0.29, 0.717) is 10.2 Å². The lowest BCUT2D eigenvalue weighted by molar-refractivity contribution is 0.618. The first kappa shape index (κ1) is 12.7. The molecule has 0 saturated heterocycles. The molecule has 0 saturated carbocycles. The van der Waals surface area contributed by atoms with E-state index in [0.717, 1.165) is 6.20 Å². The molecule has 1 aromatic heterocycles. The molecular weight excluding hydrogens is 306 g/mol. The Morgan fingerprint density at radius 1 is 1.28 bits per heavy atom. The van der Waals surface area contributed by atoms with Crippen molar-refractivity contribution in [3.63, 3.8) is 0 Å². The monoisotopic (exact) mass is 314 g/mol. The molecule has 94 valence electrons. The third kappa shape index (κ3) is 2.73. The number of anilines is 3. The second-order valence-electron chi connectivity index (χ2n) is 3.39. The lowest BCUT2D eigenvalue weighted by Crippen LogP contribution is -2.03. The summed E-state index contributed by atoms with van der Waals surface area (Å²) < 4.78 is 27.2. The van der Waals surface area contributed by atoms with Gasteiger partial charge in [-0.3, -0.25) is 0 Å². The third-order valence-electron chi connectivity index (χ3n) is 2.15. The SMILES string of the molecule is CNc1ncc(F)c(Nc2cc(F)ccc2Br)n1. The van der Waals surface area contributed by atoms with Crippen molar-refractivity contribution in [1.82, 2.24) is 9.97 Å². The average molecular weight is 315 g/mol. The van der Waals surface area contributed by atoms with Crippen LogP contribution in [-0.4, -0.2) is 17.0 Å². The molecule has 2 N–H and O–H groups in total. The molecule has 0 spiro atoms. The molecule has 4 nitrogen and oxygen atoms in total. The van der Waals surface area contributed by atoms with Gasteiger partial charge in [0.2, 0.25) is 5.95 Å². The van der Waals surface area contributed by atoms with Crippen LogP contribution in [-0.2, 0) is 0 Å². The molecule has 0 unspecified atom stereocenters. The van der Waals surface area contributed by atoms with Crippen LogP contribution < -0.4 is 10.6 Å². The van der Waals surface area contributed by atoms with Crippen LogP contribution in [0.5, 0.6) is 0 Å². The highest BCUT2D eigenvalue weighted by Gasteiger charge is 2.09. The molecule has 0 bridgehead atoms. The Balaban J connectivity index is 2.36. The van der Waals surface area contributed by atoms with Crippen LogP contribution in [0.15, 0.2) is 28.9 Å². The smallest absolute Gasteiger partial charge is 0.224 e. The Labute approximate surface area is 111 Å². The van der Waals surface area contributed by atoms with E-state index in [1.165, 1.54) is 18.2 Å². The van der Waals surface area contributed by atoms with Crippen LogP contribution in [0.2, 0.25) is 0 Å². The number of hydrogen-bond donors (Lipinski definition) is 2. The molecule has 2 aromatic rings. The van der Waals surface area contributed by atoms with E-state index in [-0.39, 0.29) is 11.8 Å². The van der Waals surface area contributed by atoms with Crippen molar-refractivity contribution in [2.45, 2.75) is 0 Å². The minimum absolute atomic E-state index is 0.0272. The largest absolute Gasteiger partial charge is 0.357 e. The van der Waals surface area contributed by atoms with Crippen LogP contribution in [0.1, 0.15) is 0 Å². The summed E-state index contributed by atoms with van der Waals surface area (Å²) in [4.78, 5) is 7.62. The summed E-state index contributed by atoms with van der Waals surface area (Å²) in [6, 6.07) is 4.06. The van der Waals surface area contributed by atoms with Crippen LogP contribution >= 0.6 is 15.9 Å². The summed E-state index contributed by atoms with van der Waals surface area (Å²) in [7, 11) is 1.62. The molecule has 0 aliphatic rings. The predicted molar refractivity (Wildman–Crippen MR) is 68.9 cm³/mol. The van der Waals surface area contributed by atoms with Crippen molar-refractivity contribution in [3.8, 4) is 0 Å². The van der Waals surface area contributed by atoms with Crippen molar-refractivity contribution in [1.29, 1.82) is 0 Å². The standard InChI is InChI=1S/C11H9BrF2N4/c1-15-11-16-5-8(14)10(18-11)17-9-4-6(13)2-3-7(9)12/h2-5H,1H3,(H2,15,16,17,18). The fraction of sp³-hybridized carbons (Fsp3) is 0.0909. The number of rotatable bonds is 3. The van der Waals surface area contributed by atoms with E-state index in [4.69, 9.17) is 0 Å². The fourth-order valence-electron chi connectivity index (χ4n) is 1.30. The number of nitrogens with one attached hydrogen (secondary N) is 2. The maximum Gasteiger partial charge on any atom is 0.224 e. The fourth-order valence-corrected chi connectivity index (χ4v) is 1.64. The van der Waals surface area contributed by atoms with Gasteiger partial charge in [-0.25, -0.2) is 13.8 Å². The molecule has 0 aliphatic carbocycles. The Morgan fingerprint density at radius 2 is 2.06 bits per heavy atom. The Bertz CT molecular complexity index is 577. The lowest BCUT2D eigenvalue weighted by atomic mass is 10.3. The second-order valence-corrected chi connectivity index (χ2v) is 4.24. The zero-order valence-corrected chi connectivity index (χ0v) is 10.9. The van der Waals surface area contributed by atoms with Gasteiger partial charge in [-0.2, -0.15) is 4.98 Å². The van der Waals surface area contributed by atoms with Crippen LogP contribution in [0.25, 0.3) is 0 Å². The molecule has 0 atom stereocenters. The molecule has 7 heteroatoms. The van der Waals surface area contributed by atoms with Gasteiger partial charge in [-0.15, -0.1) is 0 Å². The Morgan fingerprint density at radius 3 is 2.78 bits per heavy atom. The summed E-state index contributed by atoms with van der Waals surface area (Å²) >= 11 is 3.24. The quantitative estimate of drug-likeness (QED) is 0.912. The highest BCUT2D eigenvalue weighted by Crippen LogP contribution is 2.27. The maximum atomic E-state index is 13.5. The molecule has 18 heavy (non-hydrogen) atoms. The number of nitrogens with zero attached hydrogens (tertiary/aromatic N) is 2. The molecule has 2 rings (SSSR count). The van der Waals surface area contributed by atoms with Gasteiger partial charge in [0.05, 0.1) is 11.9 Å². The van der Waals surface area contributed by atoms with Crippen molar-refractivity contribution >= 4 is 33.4 Å². The predicted octanol–water partition coefficient (Wildman–Crippen LogP) is 3.30. The van der Waals surface area contributed by atoms with Gasteiger partial charge >= 0.3 is 0 Å². The number of halogens is 3.